The fraction of sp³-hybridized carbons (Fsp3) is 0.400. The number of fused-ring (bicyclic) bond motifs is 1. The number of anilines is 1. The van der Waals surface area contributed by atoms with E-state index >= 15 is 0 Å². The molecule has 2 aromatic rings. The first kappa shape index (κ1) is 15.0. The minimum Gasteiger partial charge on any atom is -0.350 e. The van der Waals surface area contributed by atoms with Gasteiger partial charge in [-0.05, 0) is 32.9 Å². The summed E-state index contributed by atoms with van der Waals surface area (Å²) in [7, 11) is 1.72. The number of likely N-dealkylation sites (N-methyl/N-ethyl adjacent to an activating group) is 1. The molecule has 1 aromatic carbocycles. The number of amides is 1. The predicted molar refractivity (Wildman–Crippen MR) is 83.5 cm³/mol. The number of H-pyrrole nitrogens is 1. The number of aromatic amines is 1. The standard InChI is InChI=1S/C15H20N4O2/c1-15(2,3)18-12(20)9-19(4)14-16-11-8-6-5-7-10(11)13(21)17-14/h5-8H,9H2,1-4H3,(H,18,20)(H,16,17,21). The highest BCUT2D eigenvalue weighted by Gasteiger charge is 2.16. The lowest BCUT2D eigenvalue weighted by atomic mass is 10.1. The van der Waals surface area contributed by atoms with Crippen LogP contribution >= 0.6 is 0 Å². The Labute approximate surface area is 123 Å². The van der Waals surface area contributed by atoms with Crippen molar-refractivity contribution in [2.45, 2.75) is 26.3 Å². The largest absolute Gasteiger partial charge is 0.350 e. The molecular formula is C15H20N4O2. The first-order valence-corrected chi connectivity index (χ1v) is 6.77. The number of carbonyl (C=O) groups is 1. The van der Waals surface area contributed by atoms with Gasteiger partial charge >= 0.3 is 0 Å². The molecule has 6 heteroatoms. The van der Waals surface area contributed by atoms with Crippen LogP contribution in [-0.4, -0.2) is 35.0 Å². The van der Waals surface area contributed by atoms with Gasteiger partial charge in [0.25, 0.3) is 5.56 Å². The van der Waals surface area contributed by atoms with E-state index in [2.05, 4.69) is 15.3 Å². The monoisotopic (exact) mass is 288 g/mol. The summed E-state index contributed by atoms with van der Waals surface area (Å²) in [6, 6.07) is 7.11. The van der Waals surface area contributed by atoms with Gasteiger partial charge in [0.1, 0.15) is 0 Å². The van der Waals surface area contributed by atoms with Crippen LogP contribution < -0.4 is 15.8 Å². The third-order valence-electron chi connectivity index (χ3n) is 2.86. The summed E-state index contributed by atoms with van der Waals surface area (Å²) in [6.07, 6.45) is 0. The number of para-hydroxylation sites is 1. The van der Waals surface area contributed by atoms with Crippen LogP contribution in [0.1, 0.15) is 20.8 Å². The molecule has 0 saturated carbocycles. The number of benzene rings is 1. The number of hydrogen-bond donors (Lipinski definition) is 2. The van der Waals surface area contributed by atoms with Crippen molar-refractivity contribution in [3.8, 4) is 0 Å². The molecule has 2 N–H and O–H groups in total. The summed E-state index contributed by atoms with van der Waals surface area (Å²) in [4.78, 5) is 32.6. The van der Waals surface area contributed by atoms with Crippen molar-refractivity contribution < 1.29 is 4.79 Å². The van der Waals surface area contributed by atoms with Crippen LogP contribution in [0.5, 0.6) is 0 Å². The van der Waals surface area contributed by atoms with Crippen LogP contribution in [0.3, 0.4) is 0 Å². The molecule has 0 fully saturated rings. The maximum Gasteiger partial charge on any atom is 0.260 e. The lowest BCUT2D eigenvalue weighted by Gasteiger charge is -2.23. The van der Waals surface area contributed by atoms with Crippen LogP contribution in [0.2, 0.25) is 0 Å². The Bertz CT molecular complexity index is 715. The molecule has 1 aromatic heterocycles. The van der Waals surface area contributed by atoms with Gasteiger partial charge in [-0.3, -0.25) is 14.6 Å². The number of hydrogen-bond acceptors (Lipinski definition) is 4. The average molecular weight is 288 g/mol. The maximum atomic E-state index is 12.0. The van der Waals surface area contributed by atoms with E-state index in [0.717, 1.165) is 0 Å². The van der Waals surface area contributed by atoms with Crippen LogP contribution in [-0.2, 0) is 4.79 Å². The third kappa shape index (κ3) is 3.81. The highest BCUT2D eigenvalue weighted by atomic mass is 16.2. The Morgan fingerprint density at radius 2 is 2.00 bits per heavy atom. The Hall–Kier alpha value is -2.37. The number of carbonyl (C=O) groups excluding carboxylic acids is 1. The molecular weight excluding hydrogens is 268 g/mol. The lowest BCUT2D eigenvalue weighted by molar-refractivity contribution is -0.121. The number of nitrogens with zero attached hydrogens (tertiary/aromatic N) is 2. The molecule has 112 valence electrons. The molecule has 0 radical (unpaired) electrons. The quantitative estimate of drug-likeness (QED) is 0.891. The summed E-state index contributed by atoms with van der Waals surface area (Å²) in [5, 5.41) is 3.41. The minimum absolute atomic E-state index is 0.124. The molecule has 0 saturated heterocycles. The second-order valence-electron chi connectivity index (χ2n) is 6.06. The van der Waals surface area contributed by atoms with E-state index in [1.54, 1.807) is 30.1 Å². The Morgan fingerprint density at radius 1 is 1.33 bits per heavy atom. The van der Waals surface area contributed by atoms with Gasteiger partial charge < -0.3 is 10.2 Å². The SMILES string of the molecule is CN(CC(=O)NC(C)(C)C)c1nc2ccccc2c(=O)[nH]1. The summed E-state index contributed by atoms with van der Waals surface area (Å²) < 4.78 is 0. The molecule has 0 aliphatic carbocycles. The molecule has 6 nitrogen and oxygen atoms in total. The summed E-state index contributed by atoms with van der Waals surface area (Å²) in [6.45, 7) is 5.88. The molecule has 21 heavy (non-hydrogen) atoms. The molecule has 2 rings (SSSR count). The van der Waals surface area contributed by atoms with Gasteiger partial charge in [-0.15, -0.1) is 0 Å². The van der Waals surface area contributed by atoms with Crippen molar-refractivity contribution in [3.05, 3.63) is 34.6 Å². The highest BCUT2D eigenvalue weighted by molar-refractivity contribution is 5.82. The fourth-order valence-corrected chi connectivity index (χ4v) is 2.00. The zero-order valence-electron chi connectivity index (χ0n) is 12.7. The molecule has 0 aliphatic rings. The van der Waals surface area contributed by atoms with E-state index in [9.17, 15) is 9.59 Å². The Balaban J connectivity index is 2.22. The van der Waals surface area contributed by atoms with Crippen molar-refractivity contribution in [1.29, 1.82) is 0 Å². The zero-order chi connectivity index (χ0) is 15.6. The summed E-state index contributed by atoms with van der Waals surface area (Å²) in [5.41, 5.74) is 0.111. The van der Waals surface area contributed by atoms with E-state index in [-0.39, 0.29) is 23.6 Å². The average Bonchev–Trinajstić information content (AvgIpc) is 2.36. The van der Waals surface area contributed by atoms with E-state index in [4.69, 9.17) is 0 Å². The van der Waals surface area contributed by atoms with Crippen LogP contribution in [0, 0.1) is 0 Å². The van der Waals surface area contributed by atoms with Gasteiger partial charge in [-0.1, -0.05) is 12.1 Å². The summed E-state index contributed by atoms with van der Waals surface area (Å²) >= 11 is 0. The minimum atomic E-state index is -0.290. The van der Waals surface area contributed by atoms with Crippen LogP contribution in [0.25, 0.3) is 10.9 Å². The van der Waals surface area contributed by atoms with Crippen LogP contribution in [0.4, 0.5) is 5.95 Å². The number of aromatic nitrogens is 2. The van der Waals surface area contributed by atoms with Crippen molar-refractivity contribution in [3.63, 3.8) is 0 Å². The van der Waals surface area contributed by atoms with Gasteiger partial charge in [0, 0.05) is 12.6 Å². The van der Waals surface area contributed by atoms with Crippen molar-refractivity contribution in [2.24, 2.45) is 0 Å². The highest BCUT2D eigenvalue weighted by Crippen LogP contribution is 2.10. The third-order valence-corrected chi connectivity index (χ3v) is 2.86. The zero-order valence-corrected chi connectivity index (χ0v) is 12.7. The van der Waals surface area contributed by atoms with E-state index in [0.29, 0.717) is 16.9 Å². The van der Waals surface area contributed by atoms with Gasteiger partial charge in [0.2, 0.25) is 11.9 Å². The van der Waals surface area contributed by atoms with Gasteiger partial charge in [0.05, 0.1) is 17.4 Å². The molecule has 1 amide bonds. The topological polar surface area (TPSA) is 78.1 Å². The molecule has 0 bridgehead atoms. The summed E-state index contributed by atoms with van der Waals surface area (Å²) in [5.74, 6) is 0.253. The Kier molecular flexibility index (Phi) is 3.97. The first-order valence-electron chi connectivity index (χ1n) is 6.77. The second kappa shape index (κ2) is 5.55. The van der Waals surface area contributed by atoms with E-state index in [1.807, 2.05) is 26.8 Å². The molecule has 0 unspecified atom stereocenters. The second-order valence-corrected chi connectivity index (χ2v) is 6.06. The van der Waals surface area contributed by atoms with Crippen LogP contribution in [0.15, 0.2) is 29.1 Å². The molecule has 1 heterocycles. The fourth-order valence-electron chi connectivity index (χ4n) is 2.00. The Morgan fingerprint density at radius 3 is 2.67 bits per heavy atom. The molecule has 0 spiro atoms. The van der Waals surface area contributed by atoms with Gasteiger partial charge in [0.15, 0.2) is 0 Å². The molecule has 0 atom stereocenters. The van der Waals surface area contributed by atoms with Gasteiger partial charge in [-0.25, -0.2) is 4.98 Å². The number of nitrogens with one attached hydrogen (secondary N) is 2. The smallest absolute Gasteiger partial charge is 0.260 e. The van der Waals surface area contributed by atoms with Crippen molar-refractivity contribution >= 4 is 22.8 Å². The van der Waals surface area contributed by atoms with E-state index in [1.165, 1.54) is 0 Å². The predicted octanol–water partition coefficient (Wildman–Crippen LogP) is 1.27. The van der Waals surface area contributed by atoms with Crippen molar-refractivity contribution in [1.82, 2.24) is 15.3 Å². The number of rotatable bonds is 3. The van der Waals surface area contributed by atoms with Gasteiger partial charge in [-0.2, -0.15) is 0 Å². The maximum absolute atomic E-state index is 12.0. The normalized spacial score (nSPS) is 11.4. The van der Waals surface area contributed by atoms with Crippen molar-refractivity contribution in [2.75, 3.05) is 18.5 Å². The molecule has 0 aliphatic heterocycles. The van der Waals surface area contributed by atoms with E-state index < -0.39 is 0 Å². The lowest BCUT2D eigenvalue weighted by Crippen LogP contribution is -2.45. The first-order chi connectivity index (χ1) is 9.76.